The quantitative estimate of drug-likeness (QED) is 0.768. The maximum absolute atomic E-state index is 12.7. The number of hydrogen-bond donors (Lipinski definition) is 2. The van der Waals surface area contributed by atoms with Crippen molar-refractivity contribution in [2.75, 3.05) is 20.6 Å². The van der Waals surface area contributed by atoms with Gasteiger partial charge in [0.05, 0.1) is 6.04 Å². The van der Waals surface area contributed by atoms with E-state index in [-0.39, 0.29) is 10.6 Å². The Kier molecular flexibility index (Phi) is 5.43. The molecule has 0 spiro atoms. The van der Waals surface area contributed by atoms with Crippen LogP contribution in [0.2, 0.25) is 0 Å². The molecule has 1 aromatic heterocycles. The van der Waals surface area contributed by atoms with E-state index in [2.05, 4.69) is 4.72 Å². The molecule has 130 valence electrons. The molecule has 2 rings (SSSR count). The summed E-state index contributed by atoms with van der Waals surface area (Å²) in [6.45, 7) is 0.499. The van der Waals surface area contributed by atoms with E-state index in [0.29, 0.717) is 6.54 Å². The highest BCUT2D eigenvalue weighted by Gasteiger charge is 2.24. The number of primary amides is 1. The average molecular weight is 350 g/mol. The number of likely N-dealkylation sites (N-methyl/N-ethyl adjacent to an activating group) is 1. The second-order valence-electron chi connectivity index (χ2n) is 5.88. The largest absolute Gasteiger partial charge is 0.364 e. The van der Waals surface area contributed by atoms with Crippen LogP contribution in [0.5, 0.6) is 0 Å². The summed E-state index contributed by atoms with van der Waals surface area (Å²) < 4.78 is 29.5. The van der Waals surface area contributed by atoms with Crippen molar-refractivity contribution in [1.29, 1.82) is 0 Å². The fourth-order valence-electron chi connectivity index (χ4n) is 2.44. The van der Waals surface area contributed by atoms with Gasteiger partial charge in [0.25, 0.3) is 5.91 Å². The number of carbonyl (C=O) groups is 1. The van der Waals surface area contributed by atoms with Crippen molar-refractivity contribution in [2.24, 2.45) is 12.8 Å². The first-order valence-electron chi connectivity index (χ1n) is 7.39. The highest BCUT2D eigenvalue weighted by Crippen LogP contribution is 2.19. The van der Waals surface area contributed by atoms with Crippen LogP contribution >= 0.6 is 0 Å². The first-order chi connectivity index (χ1) is 11.2. The van der Waals surface area contributed by atoms with E-state index >= 15 is 0 Å². The number of nitrogens with zero attached hydrogens (tertiary/aromatic N) is 2. The van der Waals surface area contributed by atoms with Gasteiger partial charge in [-0.3, -0.25) is 4.79 Å². The van der Waals surface area contributed by atoms with E-state index in [1.807, 2.05) is 49.3 Å². The summed E-state index contributed by atoms with van der Waals surface area (Å²) in [6, 6.07) is 10.2. The summed E-state index contributed by atoms with van der Waals surface area (Å²) in [5.74, 6) is -0.674. The van der Waals surface area contributed by atoms with Gasteiger partial charge in [-0.15, -0.1) is 0 Å². The Morgan fingerprint density at radius 2 is 1.92 bits per heavy atom. The van der Waals surface area contributed by atoms with Gasteiger partial charge in [-0.2, -0.15) is 0 Å². The minimum Gasteiger partial charge on any atom is -0.364 e. The van der Waals surface area contributed by atoms with Crippen molar-refractivity contribution in [3.05, 3.63) is 53.9 Å². The molecule has 1 unspecified atom stereocenters. The molecule has 0 saturated carbocycles. The Balaban J connectivity index is 2.33. The molecule has 3 N–H and O–H groups in total. The topological polar surface area (TPSA) is 97.4 Å². The van der Waals surface area contributed by atoms with E-state index in [0.717, 1.165) is 5.56 Å². The summed E-state index contributed by atoms with van der Waals surface area (Å²) in [6.07, 6.45) is 1.38. The number of aromatic nitrogens is 1. The number of amides is 1. The van der Waals surface area contributed by atoms with Crippen molar-refractivity contribution in [3.63, 3.8) is 0 Å². The van der Waals surface area contributed by atoms with Crippen LogP contribution in [0.15, 0.2) is 47.5 Å². The van der Waals surface area contributed by atoms with Crippen molar-refractivity contribution in [2.45, 2.75) is 10.9 Å². The molecule has 1 heterocycles. The summed E-state index contributed by atoms with van der Waals surface area (Å²) >= 11 is 0. The number of rotatable bonds is 7. The van der Waals surface area contributed by atoms with Gasteiger partial charge < -0.3 is 15.2 Å². The molecule has 0 saturated heterocycles. The van der Waals surface area contributed by atoms with Crippen molar-refractivity contribution in [3.8, 4) is 0 Å². The molecule has 0 fully saturated rings. The predicted octanol–water partition coefficient (Wildman–Crippen LogP) is 0.705. The molecular weight excluding hydrogens is 328 g/mol. The summed E-state index contributed by atoms with van der Waals surface area (Å²) in [5, 5.41) is 0. The second kappa shape index (κ2) is 7.16. The van der Waals surface area contributed by atoms with Gasteiger partial charge >= 0.3 is 0 Å². The molecule has 0 bridgehead atoms. The minimum atomic E-state index is -3.79. The molecule has 1 amide bonds. The lowest BCUT2D eigenvalue weighted by molar-refractivity contribution is 0.0992. The number of nitrogens with two attached hydrogens (primary N) is 1. The molecule has 0 aliphatic rings. The summed E-state index contributed by atoms with van der Waals surface area (Å²) in [7, 11) is 1.53. The maximum atomic E-state index is 12.7. The molecule has 0 radical (unpaired) electrons. The van der Waals surface area contributed by atoms with Gasteiger partial charge in [0.1, 0.15) is 10.6 Å². The molecule has 1 atom stereocenters. The third kappa shape index (κ3) is 4.22. The van der Waals surface area contributed by atoms with Crippen LogP contribution in [0.3, 0.4) is 0 Å². The van der Waals surface area contributed by atoms with Crippen LogP contribution in [0.1, 0.15) is 22.1 Å². The van der Waals surface area contributed by atoms with Crippen LogP contribution in [-0.2, 0) is 17.1 Å². The minimum absolute atomic E-state index is 0.0125. The molecule has 0 aliphatic carbocycles. The van der Waals surface area contributed by atoms with Crippen molar-refractivity contribution < 1.29 is 13.2 Å². The molecule has 1 aromatic carbocycles. The van der Waals surface area contributed by atoms with Gasteiger partial charge in [0.15, 0.2) is 0 Å². The highest BCUT2D eigenvalue weighted by molar-refractivity contribution is 7.89. The van der Waals surface area contributed by atoms with Crippen LogP contribution in [-0.4, -0.2) is 44.4 Å². The van der Waals surface area contributed by atoms with E-state index in [4.69, 9.17) is 5.73 Å². The predicted molar refractivity (Wildman–Crippen MR) is 92.0 cm³/mol. The first-order valence-corrected chi connectivity index (χ1v) is 8.87. The van der Waals surface area contributed by atoms with E-state index in [9.17, 15) is 13.2 Å². The third-order valence-corrected chi connectivity index (χ3v) is 5.03. The van der Waals surface area contributed by atoms with Crippen LogP contribution in [0.25, 0.3) is 0 Å². The number of carbonyl (C=O) groups excluding carboxylic acids is 1. The van der Waals surface area contributed by atoms with Crippen molar-refractivity contribution in [1.82, 2.24) is 14.2 Å². The van der Waals surface area contributed by atoms with Crippen LogP contribution in [0, 0.1) is 0 Å². The lowest BCUT2D eigenvalue weighted by Crippen LogP contribution is -2.35. The van der Waals surface area contributed by atoms with Crippen LogP contribution < -0.4 is 10.5 Å². The number of hydrogen-bond acceptors (Lipinski definition) is 4. The van der Waals surface area contributed by atoms with Crippen LogP contribution in [0.4, 0.5) is 0 Å². The zero-order valence-corrected chi connectivity index (χ0v) is 14.7. The highest BCUT2D eigenvalue weighted by atomic mass is 32.2. The van der Waals surface area contributed by atoms with Crippen molar-refractivity contribution >= 4 is 15.9 Å². The normalized spacial score (nSPS) is 13.2. The monoisotopic (exact) mass is 350 g/mol. The molecule has 7 nitrogen and oxygen atoms in total. The Labute approximate surface area is 142 Å². The zero-order chi connectivity index (χ0) is 17.9. The lowest BCUT2D eigenvalue weighted by Gasteiger charge is -2.22. The molecule has 0 aliphatic heterocycles. The second-order valence-corrected chi connectivity index (χ2v) is 7.60. The summed E-state index contributed by atoms with van der Waals surface area (Å²) in [5.41, 5.74) is 6.25. The van der Waals surface area contributed by atoms with E-state index in [1.165, 1.54) is 16.8 Å². The Bertz CT molecular complexity index is 813. The van der Waals surface area contributed by atoms with Gasteiger partial charge in [0.2, 0.25) is 10.0 Å². The summed E-state index contributed by atoms with van der Waals surface area (Å²) in [4.78, 5) is 13.2. The maximum Gasteiger partial charge on any atom is 0.265 e. The smallest absolute Gasteiger partial charge is 0.265 e. The lowest BCUT2D eigenvalue weighted by atomic mass is 10.1. The number of nitrogens with one attached hydrogen (secondary N) is 1. The van der Waals surface area contributed by atoms with E-state index in [1.54, 1.807) is 7.05 Å². The van der Waals surface area contributed by atoms with E-state index < -0.39 is 22.0 Å². The molecular formula is C16H22N4O3S. The molecule has 2 aromatic rings. The molecule has 8 heteroatoms. The Morgan fingerprint density at radius 3 is 2.42 bits per heavy atom. The van der Waals surface area contributed by atoms with Gasteiger partial charge in [-0.05, 0) is 25.7 Å². The molecule has 24 heavy (non-hydrogen) atoms. The SMILES string of the molecule is CN(C)CC(NS(=O)(=O)c1cc(C(N)=O)n(C)c1)c1ccccc1. The van der Waals surface area contributed by atoms with Gasteiger partial charge in [-0.1, -0.05) is 30.3 Å². The number of aryl methyl sites for hydroxylation is 1. The number of benzene rings is 1. The average Bonchev–Trinajstić information content (AvgIpc) is 2.90. The van der Waals surface area contributed by atoms with Gasteiger partial charge in [-0.25, -0.2) is 13.1 Å². The number of sulfonamides is 1. The fourth-order valence-corrected chi connectivity index (χ4v) is 3.73. The Hall–Kier alpha value is -2.16. The van der Waals surface area contributed by atoms with Gasteiger partial charge in [0, 0.05) is 19.8 Å². The zero-order valence-electron chi connectivity index (χ0n) is 13.9. The standard InChI is InChI=1S/C16H22N4O3S/c1-19(2)11-14(12-7-5-4-6-8-12)18-24(22,23)13-9-15(16(17)21)20(3)10-13/h4-10,14,18H,11H2,1-3H3,(H2,17,21). The first kappa shape index (κ1) is 18.2. The third-order valence-electron chi connectivity index (χ3n) is 3.59. The Morgan fingerprint density at radius 1 is 1.29 bits per heavy atom. The fraction of sp³-hybridized carbons (Fsp3) is 0.312.